The van der Waals surface area contributed by atoms with Gasteiger partial charge in [-0.3, -0.25) is 4.79 Å². The summed E-state index contributed by atoms with van der Waals surface area (Å²) < 4.78 is 0. The van der Waals surface area contributed by atoms with Gasteiger partial charge in [0.25, 0.3) is 5.91 Å². The molecule has 0 aromatic heterocycles. The molecular weight excluding hydrogens is 240 g/mol. The summed E-state index contributed by atoms with van der Waals surface area (Å²) in [6, 6.07) is 4.61. The third-order valence-electron chi connectivity index (χ3n) is 3.15. The van der Waals surface area contributed by atoms with Gasteiger partial charge in [-0.1, -0.05) is 19.8 Å². The molecule has 0 aliphatic rings. The molecule has 4 nitrogen and oxygen atoms in total. The van der Waals surface area contributed by atoms with E-state index in [9.17, 15) is 9.90 Å². The molecular formula is C15H24N2O2. The minimum absolute atomic E-state index is 0.0646. The van der Waals surface area contributed by atoms with E-state index >= 15 is 0 Å². The maximum Gasteiger partial charge on any atom is 0.256 e. The number of phenolic OH excluding ortho intramolecular Hbond substituents is 1. The van der Waals surface area contributed by atoms with Crippen molar-refractivity contribution >= 4 is 11.6 Å². The van der Waals surface area contributed by atoms with Crippen LogP contribution in [0.15, 0.2) is 18.2 Å². The molecule has 0 radical (unpaired) electrons. The van der Waals surface area contributed by atoms with Gasteiger partial charge < -0.3 is 15.7 Å². The van der Waals surface area contributed by atoms with Crippen LogP contribution in [0.5, 0.6) is 5.75 Å². The molecule has 1 rings (SSSR count). The Bertz CT molecular complexity index is 430. The van der Waals surface area contributed by atoms with Gasteiger partial charge in [-0.15, -0.1) is 0 Å². The fourth-order valence-electron chi connectivity index (χ4n) is 2.01. The van der Waals surface area contributed by atoms with E-state index in [0.29, 0.717) is 11.3 Å². The first kappa shape index (κ1) is 15.3. The van der Waals surface area contributed by atoms with Crippen molar-refractivity contribution in [1.82, 2.24) is 4.90 Å². The molecule has 0 aliphatic carbocycles. The van der Waals surface area contributed by atoms with Crippen LogP contribution in [0, 0.1) is 0 Å². The number of amides is 1. The van der Waals surface area contributed by atoms with Gasteiger partial charge in [-0.2, -0.15) is 0 Å². The molecule has 1 aromatic rings. The molecule has 0 aliphatic heterocycles. The quantitative estimate of drug-likeness (QED) is 0.471. The van der Waals surface area contributed by atoms with Crippen molar-refractivity contribution in [3.63, 3.8) is 0 Å². The first-order chi connectivity index (χ1) is 8.97. The number of nitrogens with zero attached hydrogens (tertiary/aromatic N) is 1. The topological polar surface area (TPSA) is 66.6 Å². The van der Waals surface area contributed by atoms with E-state index in [1.165, 1.54) is 12.1 Å². The molecule has 0 unspecified atom stereocenters. The van der Waals surface area contributed by atoms with E-state index in [1.807, 2.05) is 13.8 Å². The summed E-state index contributed by atoms with van der Waals surface area (Å²) in [5.74, 6) is -0.0469. The lowest BCUT2D eigenvalue weighted by molar-refractivity contribution is 0.0703. The molecule has 4 heteroatoms. The van der Waals surface area contributed by atoms with Crippen molar-refractivity contribution in [3.05, 3.63) is 23.8 Å². The van der Waals surface area contributed by atoms with E-state index in [1.54, 1.807) is 11.0 Å². The van der Waals surface area contributed by atoms with Crippen molar-refractivity contribution in [2.24, 2.45) is 0 Å². The first-order valence-corrected chi connectivity index (χ1v) is 6.86. The third kappa shape index (κ3) is 4.16. The summed E-state index contributed by atoms with van der Waals surface area (Å²) in [5, 5.41) is 9.49. The maximum atomic E-state index is 12.5. The summed E-state index contributed by atoms with van der Waals surface area (Å²) in [5.41, 5.74) is 6.61. The Kier molecular flexibility index (Phi) is 5.67. The van der Waals surface area contributed by atoms with Crippen molar-refractivity contribution in [2.45, 2.75) is 46.1 Å². The zero-order valence-electron chi connectivity index (χ0n) is 12.0. The second-order valence-corrected chi connectivity index (χ2v) is 5.07. The van der Waals surface area contributed by atoms with E-state index in [2.05, 4.69) is 6.92 Å². The van der Waals surface area contributed by atoms with Crippen LogP contribution in [0.25, 0.3) is 0 Å². The van der Waals surface area contributed by atoms with Gasteiger partial charge in [0, 0.05) is 18.3 Å². The number of aromatic hydroxyl groups is 1. The zero-order chi connectivity index (χ0) is 14.4. The number of carbonyl (C=O) groups is 1. The number of nitrogens with two attached hydrogens (primary N) is 1. The van der Waals surface area contributed by atoms with Gasteiger partial charge in [0.2, 0.25) is 0 Å². The molecule has 19 heavy (non-hydrogen) atoms. The standard InChI is InChI=1S/C15H24N2O2/c1-4-5-6-9-17(11(2)3)15(19)13-10-12(18)7-8-14(13)16/h7-8,10-11,18H,4-6,9,16H2,1-3H3. The van der Waals surface area contributed by atoms with Crippen LogP contribution < -0.4 is 5.73 Å². The fourth-order valence-corrected chi connectivity index (χ4v) is 2.01. The predicted molar refractivity (Wildman–Crippen MR) is 78.2 cm³/mol. The van der Waals surface area contributed by atoms with Crippen molar-refractivity contribution in [3.8, 4) is 5.75 Å². The molecule has 0 saturated heterocycles. The summed E-state index contributed by atoms with van der Waals surface area (Å²) in [7, 11) is 0. The number of hydrogen-bond donors (Lipinski definition) is 2. The number of nitrogen functional groups attached to an aromatic ring is 1. The second kappa shape index (κ2) is 7.02. The predicted octanol–water partition coefficient (Wildman–Crippen LogP) is 3.02. The minimum Gasteiger partial charge on any atom is -0.508 e. The molecule has 0 bridgehead atoms. The minimum atomic E-state index is -0.112. The largest absolute Gasteiger partial charge is 0.508 e. The molecule has 0 atom stereocenters. The molecule has 3 N–H and O–H groups in total. The number of hydrogen-bond acceptors (Lipinski definition) is 3. The monoisotopic (exact) mass is 264 g/mol. The number of anilines is 1. The molecule has 0 saturated carbocycles. The Labute approximate surface area is 115 Å². The van der Waals surface area contributed by atoms with Gasteiger partial charge in [-0.25, -0.2) is 0 Å². The normalized spacial score (nSPS) is 10.7. The Morgan fingerprint density at radius 2 is 2.05 bits per heavy atom. The smallest absolute Gasteiger partial charge is 0.256 e. The van der Waals surface area contributed by atoms with Crippen LogP contribution >= 0.6 is 0 Å². The number of benzene rings is 1. The van der Waals surface area contributed by atoms with Crippen LogP contribution in [0.2, 0.25) is 0 Å². The average molecular weight is 264 g/mol. The Hall–Kier alpha value is -1.71. The van der Waals surface area contributed by atoms with Gasteiger partial charge >= 0.3 is 0 Å². The maximum absolute atomic E-state index is 12.5. The second-order valence-electron chi connectivity index (χ2n) is 5.07. The van der Waals surface area contributed by atoms with Crippen molar-refractivity contribution in [1.29, 1.82) is 0 Å². The van der Waals surface area contributed by atoms with E-state index in [-0.39, 0.29) is 17.7 Å². The summed E-state index contributed by atoms with van der Waals surface area (Å²) >= 11 is 0. The number of carbonyl (C=O) groups excluding carboxylic acids is 1. The average Bonchev–Trinajstić information content (AvgIpc) is 2.36. The highest BCUT2D eigenvalue weighted by Gasteiger charge is 2.20. The highest BCUT2D eigenvalue weighted by molar-refractivity contribution is 5.99. The Balaban J connectivity index is 2.89. The van der Waals surface area contributed by atoms with Crippen LogP contribution in [-0.2, 0) is 0 Å². The molecule has 0 fully saturated rings. The summed E-state index contributed by atoms with van der Waals surface area (Å²) in [4.78, 5) is 14.3. The van der Waals surface area contributed by atoms with E-state index in [4.69, 9.17) is 5.73 Å². The van der Waals surface area contributed by atoms with Crippen LogP contribution in [0.1, 0.15) is 50.4 Å². The van der Waals surface area contributed by atoms with Crippen LogP contribution in [0.4, 0.5) is 5.69 Å². The number of rotatable bonds is 6. The molecule has 0 heterocycles. The summed E-state index contributed by atoms with van der Waals surface area (Å²) in [6.45, 7) is 6.83. The lowest BCUT2D eigenvalue weighted by atomic mass is 10.1. The third-order valence-corrected chi connectivity index (χ3v) is 3.15. The molecule has 1 aromatic carbocycles. The van der Waals surface area contributed by atoms with Gasteiger partial charge in [0.15, 0.2) is 0 Å². The molecule has 1 amide bonds. The molecule has 0 spiro atoms. The van der Waals surface area contributed by atoms with Gasteiger partial charge in [-0.05, 0) is 38.5 Å². The Morgan fingerprint density at radius 3 is 2.63 bits per heavy atom. The van der Waals surface area contributed by atoms with Crippen LogP contribution in [-0.4, -0.2) is 28.5 Å². The van der Waals surface area contributed by atoms with Crippen molar-refractivity contribution in [2.75, 3.05) is 12.3 Å². The lowest BCUT2D eigenvalue weighted by Gasteiger charge is -2.27. The first-order valence-electron chi connectivity index (χ1n) is 6.86. The fraction of sp³-hybridized carbons (Fsp3) is 0.533. The highest BCUT2D eigenvalue weighted by atomic mass is 16.3. The van der Waals surface area contributed by atoms with E-state index in [0.717, 1.165) is 25.8 Å². The van der Waals surface area contributed by atoms with Crippen molar-refractivity contribution < 1.29 is 9.90 Å². The number of unbranched alkanes of at least 4 members (excludes halogenated alkanes) is 2. The SMILES string of the molecule is CCCCCN(C(=O)c1cc(O)ccc1N)C(C)C. The summed E-state index contributed by atoms with van der Waals surface area (Å²) in [6.07, 6.45) is 3.21. The van der Waals surface area contributed by atoms with Crippen LogP contribution in [0.3, 0.4) is 0 Å². The molecule has 106 valence electrons. The zero-order valence-corrected chi connectivity index (χ0v) is 12.0. The van der Waals surface area contributed by atoms with Gasteiger partial charge in [0.05, 0.1) is 5.56 Å². The lowest BCUT2D eigenvalue weighted by Crippen LogP contribution is -2.38. The Morgan fingerprint density at radius 1 is 1.37 bits per heavy atom. The van der Waals surface area contributed by atoms with E-state index < -0.39 is 0 Å². The number of phenols is 1. The highest BCUT2D eigenvalue weighted by Crippen LogP contribution is 2.21. The van der Waals surface area contributed by atoms with Gasteiger partial charge in [0.1, 0.15) is 5.75 Å².